The van der Waals surface area contributed by atoms with Gasteiger partial charge in [0, 0.05) is 6.20 Å². The molecule has 0 unspecified atom stereocenters. The topological polar surface area (TPSA) is 37.8 Å². The minimum atomic E-state index is 0.201. The first-order chi connectivity index (χ1) is 7.25. The highest BCUT2D eigenvalue weighted by Gasteiger charge is 2.00. The summed E-state index contributed by atoms with van der Waals surface area (Å²) in [6.07, 6.45) is 1.58. The Kier molecular flexibility index (Phi) is 3.04. The summed E-state index contributed by atoms with van der Waals surface area (Å²) in [7, 11) is 0. The number of nitrogens with one attached hydrogen (secondary N) is 1. The summed E-state index contributed by atoms with van der Waals surface area (Å²) in [6.45, 7) is 0. The quantitative estimate of drug-likeness (QED) is 0.816. The van der Waals surface area contributed by atoms with E-state index in [2.05, 4.69) is 15.3 Å². The van der Waals surface area contributed by atoms with Crippen molar-refractivity contribution in [2.75, 3.05) is 5.32 Å². The van der Waals surface area contributed by atoms with Gasteiger partial charge in [-0.05, 0) is 29.8 Å². The molecule has 0 aliphatic rings. The van der Waals surface area contributed by atoms with Crippen molar-refractivity contribution in [3.63, 3.8) is 0 Å². The van der Waals surface area contributed by atoms with Crippen LogP contribution in [0.15, 0.2) is 36.5 Å². The molecule has 3 nitrogen and oxygen atoms in total. The summed E-state index contributed by atoms with van der Waals surface area (Å²) in [5.41, 5.74) is 0.786. The van der Waals surface area contributed by atoms with E-state index >= 15 is 0 Å². The number of hydrogen-bond donors (Lipinski definition) is 1. The minimum Gasteiger partial charge on any atom is -0.339 e. The van der Waals surface area contributed by atoms with Crippen molar-refractivity contribution in [2.45, 2.75) is 0 Å². The highest BCUT2D eigenvalue weighted by atomic mass is 35.5. The lowest BCUT2D eigenvalue weighted by molar-refractivity contribution is 1.17. The summed E-state index contributed by atoms with van der Waals surface area (Å²) >= 11 is 11.6. The van der Waals surface area contributed by atoms with Crippen molar-refractivity contribution in [1.82, 2.24) is 9.97 Å². The van der Waals surface area contributed by atoms with Crippen molar-refractivity contribution >= 4 is 34.7 Å². The van der Waals surface area contributed by atoms with Gasteiger partial charge in [0.25, 0.3) is 0 Å². The zero-order valence-corrected chi connectivity index (χ0v) is 9.13. The van der Waals surface area contributed by atoms with Gasteiger partial charge in [0.1, 0.15) is 5.82 Å². The number of benzene rings is 1. The molecule has 1 aromatic heterocycles. The molecule has 2 rings (SSSR count). The first-order valence-electron chi connectivity index (χ1n) is 4.26. The van der Waals surface area contributed by atoms with Crippen LogP contribution in [0, 0.1) is 0 Å². The maximum Gasteiger partial charge on any atom is 0.224 e. The van der Waals surface area contributed by atoms with Crippen molar-refractivity contribution in [3.05, 3.63) is 46.8 Å². The molecule has 0 saturated carbocycles. The summed E-state index contributed by atoms with van der Waals surface area (Å²) in [5, 5.41) is 3.88. The molecule has 5 heteroatoms. The maximum atomic E-state index is 5.98. The molecule has 0 fully saturated rings. The molecule has 1 N–H and O–H groups in total. The van der Waals surface area contributed by atoms with Crippen LogP contribution in [0.1, 0.15) is 0 Å². The molecule has 0 atom stereocenters. The van der Waals surface area contributed by atoms with Gasteiger partial charge in [0.2, 0.25) is 5.28 Å². The van der Waals surface area contributed by atoms with Gasteiger partial charge in [-0.15, -0.1) is 0 Å². The molecule has 0 radical (unpaired) electrons. The zero-order valence-electron chi connectivity index (χ0n) is 7.61. The van der Waals surface area contributed by atoms with Gasteiger partial charge in [-0.2, -0.15) is 0 Å². The predicted octanol–water partition coefficient (Wildman–Crippen LogP) is 3.53. The van der Waals surface area contributed by atoms with Crippen LogP contribution in [-0.4, -0.2) is 9.97 Å². The predicted molar refractivity (Wildman–Crippen MR) is 61.8 cm³/mol. The molecule has 0 spiro atoms. The Hall–Kier alpha value is -1.32. The van der Waals surface area contributed by atoms with E-state index in [1.165, 1.54) is 0 Å². The molecule has 0 saturated heterocycles. The lowest BCUT2D eigenvalue weighted by Crippen LogP contribution is -1.94. The lowest BCUT2D eigenvalue weighted by atomic mass is 10.3. The molecule has 76 valence electrons. The standard InChI is InChI=1S/C10H7Cl2N3/c11-7-3-1-2-4-8(7)14-9-5-6-13-10(12)15-9/h1-6H,(H,13,14,15). The van der Waals surface area contributed by atoms with Crippen LogP contribution >= 0.6 is 23.2 Å². The second kappa shape index (κ2) is 4.47. The highest BCUT2D eigenvalue weighted by Crippen LogP contribution is 2.23. The van der Waals surface area contributed by atoms with Crippen LogP contribution in [0.25, 0.3) is 0 Å². The van der Waals surface area contributed by atoms with Crippen LogP contribution in [0.4, 0.5) is 11.5 Å². The summed E-state index contributed by atoms with van der Waals surface area (Å²) < 4.78 is 0. The minimum absolute atomic E-state index is 0.201. The highest BCUT2D eigenvalue weighted by molar-refractivity contribution is 6.33. The third-order valence-electron chi connectivity index (χ3n) is 1.76. The van der Waals surface area contributed by atoms with Crippen LogP contribution < -0.4 is 5.32 Å². The average molecular weight is 240 g/mol. The van der Waals surface area contributed by atoms with E-state index in [0.717, 1.165) is 5.69 Å². The van der Waals surface area contributed by atoms with Gasteiger partial charge in [-0.25, -0.2) is 9.97 Å². The fraction of sp³-hybridized carbons (Fsp3) is 0. The number of para-hydroxylation sites is 1. The first-order valence-corrected chi connectivity index (χ1v) is 5.01. The lowest BCUT2D eigenvalue weighted by Gasteiger charge is -2.06. The Morgan fingerprint density at radius 3 is 2.60 bits per heavy atom. The van der Waals surface area contributed by atoms with Gasteiger partial charge in [0.15, 0.2) is 0 Å². The van der Waals surface area contributed by atoms with E-state index in [9.17, 15) is 0 Å². The van der Waals surface area contributed by atoms with Gasteiger partial charge >= 0.3 is 0 Å². The molecule has 0 bridgehead atoms. The fourth-order valence-corrected chi connectivity index (χ4v) is 1.44. The second-order valence-electron chi connectivity index (χ2n) is 2.82. The van der Waals surface area contributed by atoms with E-state index in [4.69, 9.17) is 23.2 Å². The van der Waals surface area contributed by atoms with E-state index < -0.39 is 0 Å². The average Bonchev–Trinajstić information content (AvgIpc) is 2.22. The Balaban J connectivity index is 2.26. The SMILES string of the molecule is Clc1nccc(Nc2ccccc2Cl)n1. The van der Waals surface area contributed by atoms with Gasteiger partial charge in [-0.1, -0.05) is 23.7 Å². The van der Waals surface area contributed by atoms with Crippen LogP contribution in [0.3, 0.4) is 0 Å². The smallest absolute Gasteiger partial charge is 0.224 e. The molecule has 1 aromatic carbocycles. The van der Waals surface area contributed by atoms with E-state index in [1.54, 1.807) is 18.3 Å². The Morgan fingerprint density at radius 1 is 1.07 bits per heavy atom. The number of halogens is 2. The molecule has 15 heavy (non-hydrogen) atoms. The summed E-state index contributed by atoms with van der Waals surface area (Å²) in [6, 6.07) is 9.12. The van der Waals surface area contributed by atoms with Crippen LogP contribution in [-0.2, 0) is 0 Å². The third-order valence-corrected chi connectivity index (χ3v) is 2.27. The number of aromatic nitrogens is 2. The van der Waals surface area contributed by atoms with Gasteiger partial charge < -0.3 is 5.32 Å². The van der Waals surface area contributed by atoms with Crippen molar-refractivity contribution < 1.29 is 0 Å². The summed E-state index contributed by atoms with van der Waals surface area (Å²) in [4.78, 5) is 7.78. The number of rotatable bonds is 2. The molecular weight excluding hydrogens is 233 g/mol. The maximum absolute atomic E-state index is 5.98. The number of anilines is 2. The van der Waals surface area contributed by atoms with Gasteiger partial charge in [0.05, 0.1) is 10.7 Å². The third kappa shape index (κ3) is 2.58. The first kappa shape index (κ1) is 10.2. The van der Waals surface area contributed by atoms with Gasteiger partial charge in [-0.3, -0.25) is 0 Å². The van der Waals surface area contributed by atoms with Crippen LogP contribution in [0.2, 0.25) is 10.3 Å². The normalized spacial score (nSPS) is 10.0. The zero-order chi connectivity index (χ0) is 10.7. The largest absolute Gasteiger partial charge is 0.339 e. The molecule has 0 aliphatic carbocycles. The van der Waals surface area contributed by atoms with E-state index in [-0.39, 0.29) is 5.28 Å². The monoisotopic (exact) mass is 239 g/mol. The van der Waals surface area contributed by atoms with Crippen molar-refractivity contribution in [2.24, 2.45) is 0 Å². The molecule has 0 amide bonds. The Bertz CT molecular complexity index is 474. The number of nitrogens with zero attached hydrogens (tertiary/aromatic N) is 2. The molecule has 2 aromatic rings. The van der Waals surface area contributed by atoms with Crippen LogP contribution in [0.5, 0.6) is 0 Å². The Labute approximate surface area is 97.1 Å². The van der Waals surface area contributed by atoms with E-state index in [1.807, 2.05) is 18.2 Å². The molecule has 1 heterocycles. The molecular formula is C10H7Cl2N3. The number of hydrogen-bond acceptors (Lipinski definition) is 3. The Morgan fingerprint density at radius 2 is 1.87 bits per heavy atom. The fourth-order valence-electron chi connectivity index (χ4n) is 1.11. The summed E-state index contributed by atoms with van der Waals surface area (Å²) in [5.74, 6) is 0.614. The second-order valence-corrected chi connectivity index (χ2v) is 3.56. The molecule has 0 aliphatic heterocycles. The van der Waals surface area contributed by atoms with E-state index in [0.29, 0.717) is 10.8 Å². The van der Waals surface area contributed by atoms with Crippen molar-refractivity contribution in [3.8, 4) is 0 Å². The van der Waals surface area contributed by atoms with Crippen molar-refractivity contribution in [1.29, 1.82) is 0 Å².